The molecule has 6 rings (SSSR count). The van der Waals surface area contributed by atoms with Crippen LogP contribution in [0.2, 0.25) is 0 Å². The van der Waals surface area contributed by atoms with Crippen LogP contribution in [0.3, 0.4) is 0 Å². The highest BCUT2D eigenvalue weighted by atomic mass is 79.9. The van der Waals surface area contributed by atoms with Gasteiger partial charge >= 0.3 is 30.4 Å². The lowest BCUT2D eigenvalue weighted by Crippen LogP contribution is -2.18. The number of halogens is 2. The summed E-state index contributed by atoms with van der Waals surface area (Å²) < 4.78 is 71.5. The van der Waals surface area contributed by atoms with Crippen LogP contribution >= 0.6 is 62.2 Å². The van der Waals surface area contributed by atoms with E-state index < -0.39 is 81.2 Å². The Bertz CT molecular complexity index is 2300. The first-order valence-electron chi connectivity index (χ1n) is 14.7. The highest BCUT2D eigenvalue weighted by Gasteiger charge is 2.64. The van der Waals surface area contributed by atoms with Crippen LogP contribution < -0.4 is 22.6 Å². The van der Waals surface area contributed by atoms with Crippen molar-refractivity contribution in [2.24, 2.45) is 0 Å². The summed E-state index contributed by atoms with van der Waals surface area (Å²) in [7, 11) is -22.0. The second-order valence-electron chi connectivity index (χ2n) is 11.6. The van der Waals surface area contributed by atoms with Crippen LogP contribution in [0, 0.1) is 0 Å². The molecule has 10 N–H and O–H groups in total. The smallest absolute Gasteiger partial charge is 0.369 e. The molecule has 0 radical (unpaired) electrons. The van der Waals surface area contributed by atoms with Gasteiger partial charge in [-0.05, 0) is 31.9 Å². The van der Waals surface area contributed by atoms with Crippen LogP contribution in [-0.2, 0) is 36.4 Å². The topological polar surface area (TPSA) is 365 Å². The zero-order valence-corrected chi connectivity index (χ0v) is 33.1. The molecule has 0 saturated heterocycles. The van der Waals surface area contributed by atoms with Crippen LogP contribution in [0.15, 0.2) is 46.5 Å². The number of hydrogen-bond donors (Lipinski definition) is 8. The molecule has 53 heavy (non-hydrogen) atoms. The summed E-state index contributed by atoms with van der Waals surface area (Å²) in [4.78, 5) is 86.8. The van der Waals surface area contributed by atoms with Crippen molar-refractivity contribution in [3.8, 4) is 0 Å². The molecule has 30 heteroatoms. The Morgan fingerprint density at radius 3 is 1.49 bits per heavy atom. The Balaban J connectivity index is 1.02. The number of imidazole rings is 2. The minimum Gasteiger partial charge on any atom is -0.369 e. The van der Waals surface area contributed by atoms with E-state index in [-0.39, 0.29) is 47.1 Å². The Kier molecular flexibility index (Phi) is 10.9. The van der Waals surface area contributed by atoms with Crippen LogP contribution in [0.25, 0.3) is 22.3 Å². The minimum atomic E-state index is -5.79. The summed E-state index contributed by atoms with van der Waals surface area (Å²) in [5.74, 6) is -0.286. The number of nitrogens with zero attached hydrogens (tertiary/aromatic N) is 6. The van der Waals surface area contributed by atoms with E-state index in [1.54, 1.807) is 12.2 Å². The van der Waals surface area contributed by atoms with Gasteiger partial charge in [0.2, 0.25) is 11.9 Å². The Morgan fingerprint density at radius 2 is 1.11 bits per heavy atom. The largest absolute Gasteiger partial charge is 0.375 e. The molecule has 2 aliphatic carbocycles. The van der Waals surface area contributed by atoms with Gasteiger partial charge < -0.3 is 49.6 Å². The molecule has 2 aliphatic rings. The maximum Gasteiger partial charge on any atom is 0.375 e. The number of nitrogen functional groups attached to an aromatic ring is 2. The second kappa shape index (κ2) is 14.4. The fraction of sp³-hybridized carbons (Fsp3) is 0.391. The number of fused-ring (bicyclic) bond motifs is 2. The third kappa shape index (κ3) is 8.31. The lowest BCUT2D eigenvalue weighted by atomic mass is 10.2. The van der Waals surface area contributed by atoms with Gasteiger partial charge in [0.1, 0.15) is 12.7 Å². The third-order valence-electron chi connectivity index (χ3n) is 7.72. The standard InChI is InChI=1S/C23H28Br2N10O14P4/c24-23(25,52(42,43)48-50(38,39)9-46-13-3-1-11(5-13)34-7-28-15-17(34)30-21(26)32-19(15)36)53(44,45)49-51(40,41)10-47-14-4-2-12(6-14)35-8-29-16-18(35)31-22(27)33-20(16)37/h1-4,7-8,11-14H,5-6,9-10H2,(H,38,39)(H,40,41)(H,42,43)(H,44,45)(H3,26,30,32,36)(H3,27,31,33,37)/t11-,12-,13+,14+/m0/s1. The monoisotopic (exact) mass is 950 g/mol. The summed E-state index contributed by atoms with van der Waals surface area (Å²) in [6, 6.07) is -0.968. The predicted molar refractivity (Wildman–Crippen MR) is 192 cm³/mol. The second-order valence-corrected chi connectivity index (χ2v) is 25.6. The van der Waals surface area contributed by atoms with Crippen LogP contribution in [-0.4, -0.2) is 86.2 Å². The van der Waals surface area contributed by atoms with Gasteiger partial charge in [-0.15, -0.1) is 0 Å². The van der Waals surface area contributed by atoms with E-state index in [1.165, 1.54) is 33.9 Å². The highest BCUT2D eigenvalue weighted by molar-refractivity contribution is 9.29. The van der Waals surface area contributed by atoms with E-state index in [0.29, 0.717) is 0 Å². The minimum absolute atomic E-state index is 0.0249. The number of aromatic nitrogens is 8. The summed E-state index contributed by atoms with van der Waals surface area (Å²) in [6.07, 6.45) is 5.14. The van der Waals surface area contributed by atoms with Gasteiger partial charge in [-0.3, -0.25) is 37.8 Å². The molecular weight excluding hydrogens is 924 g/mol. The molecule has 0 saturated carbocycles. The molecule has 4 unspecified atom stereocenters. The SMILES string of the molecule is Nc1nc2c(ncn2[C@H]2C=C[C@@H](OCP(=O)(O)OP(=O)(O)C(Br)(Br)P(=O)(O)OP(=O)(O)CO[C@@H]3C=C[C@H](n4cnc5c(=O)[nH]c(N)nc54)C3)C2)c(=O)[nH]1. The van der Waals surface area contributed by atoms with Crippen LogP contribution in [0.4, 0.5) is 11.9 Å². The fourth-order valence-electron chi connectivity index (χ4n) is 5.36. The van der Waals surface area contributed by atoms with Crippen molar-refractivity contribution in [1.29, 1.82) is 0 Å². The lowest BCUT2D eigenvalue weighted by molar-refractivity contribution is 0.102. The van der Waals surface area contributed by atoms with Crippen LogP contribution in [0.1, 0.15) is 24.9 Å². The lowest BCUT2D eigenvalue weighted by Gasteiger charge is -2.31. The quantitative estimate of drug-likeness (QED) is 0.0510. The number of rotatable bonds is 14. The number of nitrogens with two attached hydrogens (primary N) is 2. The number of hydrogen-bond acceptors (Lipinski definition) is 16. The van der Waals surface area contributed by atoms with E-state index in [4.69, 9.17) is 20.9 Å². The molecule has 0 amide bonds. The molecule has 0 aromatic carbocycles. The highest BCUT2D eigenvalue weighted by Crippen LogP contribution is 2.85. The molecule has 8 atom stereocenters. The Labute approximate surface area is 312 Å². The van der Waals surface area contributed by atoms with Gasteiger partial charge in [0.05, 0.1) is 36.9 Å². The molecule has 4 aromatic rings. The van der Waals surface area contributed by atoms with Crippen molar-refractivity contribution in [2.75, 3.05) is 24.2 Å². The zero-order valence-electron chi connectivity index (χ0n) is 26.4. The number of aromatic amines is 2. The first-order chi connectivity index (χ1) is 24.6. The van der Waals surface area contributed by atoms with Crippen molar-refractivity contribution in [3.05, 3.63) is 57.7 Å². The number of H-pyrrole nitrogens is 2. The van der Waals surface area contributed by atoms with Gasteiger partial charge in [-0.1, -0.05) is 24.3 Å². The summed E-state index contributed by atoms with van der Waals surface area (Å²) in [5, 5.41) is 0. The van der Waals surface area contributed by atoms with Crippen molar-refractivity contribution in [2.45, 2.75) is 39.8 Å². The Hall–Kier alpha value is -2.66. The first-order valence-corrected chi connectivity index (χ1v) is 23.0. The van der Waals surface area contributed by atoms with E-state index in [2.05, 4.69) is 70.4 Å². The number of anilines is 2. The molecule has 4 heterocycles. The third-order valence-corrected chi connectivity index (χ3v) is 20.7. The summed E-state index contributed by atoms with van der Waals surface area (Å²) >= 11 is 4.92. The average Bonchev–Trinajstić information content (AvgIpc) is 3.84. The van der Waals surface area contributed by atoms with E-state index >= 15 is 0 Å². The molecule has 0 bridgehead atoms. The maximum atomic E-state index is 13.1. The number of allylic oxidation sites excluding steroid dienone is 2. The number of nitrogens with one attached hydrogen (secondary N) is 2. The van der Waals surface area contributed by atoms with E-state index in [0.717, 1.165) is 0 Å². The van der Waals surface area contributed by atoms with Gasteiger partial charge in [-0.25, -0.2) is 18.6 Å². The molecule has 0 spiro atoms. The van der Waals surface area contributed by atoms with Gasteiger partial charge in [-0.2, -0.15) is 9.97 Å². The van der Waals surface area contributed by atoms with Crippen molar-refractivity contribution in [3.63, 3.8) is 0 Å². The fourth-order valence-corrected chi connectivity index (χ4v) is 14.3. The first kappa shape index (κ1) is 40.0. The molecule has 4 aromatic heterocycles. The molecule has 288 valence electrons. The van der Waals surface area contributed by atoms with E-state index in [9.17, 15) is 47.4 Å². The van der Waals surface area contributed by atoms with Gasteiger partial charge in [0, 0.05) is 12.8 Å². The number of ether oxygens (including phenoxy) is 2. The zero-order chi connectivity index (χ0) is 38.7. The average molecular weight is 952 g/mol. The number of alkyl halides is 2. The molecule has 24 nitrogen and oxygen atoms in total. The maximum absolute atomic E-state index is 13.1. The van der Waals surface area contributed by atoms with Gasteiger partial charge in [0.15, 0.2) is 22.3 Å². The summed E-state index contributed by atoms with van der Waals surface area (Å²) in [6.45, 7) is 0. The van der Waals surface area contributed by atoms with Crippen molar-refractivity contribution in [1.82, 2.24) is 39.0 Å². The van der Waals surface area contributed by atoms with Crippen molar-refractivity contribution >= 4 is 96.5 Å². The van der Waals surface area contributed by atoms with Gasteiger partial charge in [0.25, 0.3) is 13.8 Å². The van der Waals surface area contributed by atoms with Crippen molar-refractivity contribution < 1.29 is 55.9 Å². The predicted octanol–water partition coefficient (Wildman–Crippen LogP) is 2.28. The molecule has 0 aliphatic heterocycles. The van der Waals surface area contributed by atoms with E-state index in [1.807, 2.05) is 0 Å². The summed E-state index contributed by atoms with van der Waals surface area (Å²) in [5.41, 5.74) is 10.5. The molecular formula is C23H28Br2N10O14P4. The van der Waals surface area contributed by atoms with Crippen LogP contribution in [0.5, 0.6) is 0 Å². The Morgan fingerprint density at radius 1 is 0.736 bits per heavy atom. The normalized spacial score (nSPS) is 25.0. The molecule has 0 fully saturated rings.